The minimum atomic E-state index is -0.268. The maximum absolute atomic E-state index is 13.1. The van der Waals surface area contributed by atoms with Gasteiger partial charge in [-0.15, -0.1) is 0 Å². The van der Waals surface area contributed by atoms with Crippen molar-refractivity contribution in [3.8, 4) is 0 Å². The molecule has 4 rings (SSSR count). The zero-order valence-corrected chi connectivity index (χ0v) is 14.2. The normalized spacial score (nSPS) is 24.2. The molecular formula is C20H24FN3. The van der Waals surface area contributed by atoms with E-state index < -0.39 is 0 Å². The fourth-order valence-corrected chi connectivity index (χ4v) is 4.23. The van der Waals surface area contributed by atoms with Crippen LogP contribution in [0.5, 0.6) is 0 Å². The van der Waals surface area contributed by atoms with E-state index in [1.54, 1.807) is 6.07 Å². The number of aromatic nitrogens is 1. The van der Waals surface area contributed by atoms with E-state index in [9.17, 15) is 4.39 Å². The molecule has 2 aromatic rings. The molecule has 0 bridgehead atoms. The Morgan fingerprint density at radius 1 is 1.17 bits per heavy atom. The van der Waals surface area contributed by atoms with Crippen molar-refractivity contribution in [2.45, 2.75) is 32.4 Å². The molecule has 0 spiro atoms. The van der Waals surface area contributed by atoms with E-state index in [-0.39, 0.29) is 5.82 Å². The van der Waals surface area contributed by atoms with Crippen LogP contribution in [0.25, 0.3) is 0 Å². The summed E-state index contributed by atoms with van der Waals surface area (Å²) in [5.74, 6) is 1.42. The number of piperidine rings is 1. The average molecular weight is 325 g/mol. The summed E-state index contributed by atoms with van der Waals surface area (Å²) in [5.41, 5.74) is 2.72. The number of rotatable bonds is 3. The highest BCUT2D eigenvalue weighted by Crippen LogP contribution is 2.34. The first kappa shape index (κ1) is 15.6. The van der Waals surface area contributed by atoms with Crippen molar-refractivity contribution < 1.29 is 4.39 Å². The molecule has 2 aliphatic rings. The Kier molecular flexibility index (Phi) is 4.23. The minimum absolute atomic E-state index is 0.268. The molecular weight excluding hydrogens is 301 g/mol. The molecule has 126 valence electrons. The van der Waals surface area contributed by atoms with E-state index in [4.69, 9.17) is 0 Å². The van der Waals surface area contributed by atoms with E-state index >= 15 is 0 Å². The lowest BCUT2D eigenvalue weighted by Crippen LogP contribution is -2.48. The van der Waals surface area contributed by atoms with Gasteiger partial charge in [-0.1, -0.05) is 29.8 Å². The maximum Gasteiger partial charge on any atom is 0.141 e. The van der Waals surface area contributed by atoms with Gasteiger partial charge >= 0.3 is 0 Å². The molecule has 0 aliphatic carbocycles. The van der Waals surface area contributed by atoms with Gasteiger partial charge in [0.2, 0.25) is 0 Å². The van der Waals surface area contributed by atoms with Gasteiger partial charge in [0.05, 0.1) is 6.20 Å². The number of anilines is 1. The van der Waals surface area contributed by atoms with Crippen LogP contribution in [-0.2, 0) is 6.54 Å². The van der Waals surface area contributed by atoms with Crippen molar-refractivity contribution in [1.29, 1.82) is 0 Å². The van der Waals surface area contributed by atoms with Crippen LogP contribution in [0.15, 0.2) is 42.6 Å². The van der Waals surface area contributed by atoms with E-state index in [2.05, 4.69) is 46.0 Å². The number of hydrogen-bond acceptors (Lipinski definition) is 3. The van der Waals surface area contributed by atoms with E-state index in [1.807, 2.05) is 0 Å². The van der Waals surface area contributed by atoms with Crippen LogP contribution in [0.3, 0.4) is 0 Å². The fourth-order valence-electron chi connectivity index (χ4n) is 4.23. The van der Waals surface area contributed by atoms with Crippen LogP contribution in [0.2, 0.25) is 0 Å². The second kappa shape index (κ2) is 6.52. The molecule has 3 heterocycles. The van der Waals surface area contributed by atoms with Gasteiger partial charge in [-0.3, -0.25) is 4.90 Å². The van der Waals surface area contributed by atoms with Crippen LogP contribution in [0.4, 0.5) is 10.2 Å². The van der Waals surface area contributed by atoms with Crippen LogP contribution < -0.4 is 4.90 Å². The van der Waals surface area contributed by atoms with Crippen molar-refractivity contribution in [3.05, 3.63) is 59.5 Å². The second-order valence-corrected chi connectivity index (χ2v) is 7.14. The lowest BCUT2D eigenvalue weighted by molar-refractivity contribution is 0.200. The smallest absolute Gasteiger partial charge is 0.141 e. The zero-order chi connectivity index (χ0) is 16.5. The summed E-state index contributed by atoms with van der Waals surface area (Å²) in [5, 5.41) is 0. The number of benzene rings is 1. The molecule has 0 N–H and O–H groups in total. The molecule has 1 aromatic carbocycles. The molecule has 2 fully saturated rings. The van der Waals surface area contributed by atoms with E-state index in [0.29, 0.717) is 6.04 Å². The SMILES string of the molecule is Cc1cccc(CN2CCC3CCN(c4ccc(F)cn4)CC32)c1. The van der Waals surface area contributed by atoms with Crippen molar-refractivity contribution in [2.75, 3.05) is 24.5 Å². The van der Waals surface area contributed by atoms with Crippen LogP contribution in [0.1, 0.15) is 24.0 Å². The average Bonchev–Trinajstić information content (AvgIpc) is 2.98. The molecule has 0 radical (unpaired) electrons. The molecule has 24 heavy (non-hydrogen) atoms. The van der Waals surface area contributed by atoms with Crippen molar-refractivity contribution in [3.63, 3.8) is 0 Å². The Morgan fingerprint density at radius 2 is 2.04 bits per heavy atom. The summed E-state index contributed by atoms with van der Waals surface area (Å²) in [6.45, 7) is 6.37. The van der Waals surface area contributed by atoms with Gasteiger partial charge in [0.15, 0.2) is 0 Å². The van der Waals surface area contributed by atoms with Gasteiger partial charge in [0, 0.05) is 25.7 Å². The summed E-state index contributed by atoms with van der Waals surface area (Å²) in [6.07, 6.45) is 3.82. The van der Waals surface area contributed by atoms with Crippen LogP contribution in [0, 0.1) is 18.7 Å². The summed E-state index contributed by atoms with van der Waals surface area (Å²) in [6, 6.07) is 12.7. The highest BCUT2D eigenvalue weighted by Gasteiger charge is 2.38. The quantitative estimate of drug-likeness (QED) is 0.859. The van der Waals surface area contributed by atoms with Gasteiger partial charge in [0.25, 0.3) is 0 Å². The topological polar surface area (TPSA) is 19.4 Å². The molecule has 0 saturated carbocycles. The third kappa shape index (κ3) is 3.16. The summed E-state index contributed by atoms with van der Waals surface area (Å²) < 4.78 is 13.1. The number of pyridine rings is 1. The Morgan fingerprint density at radius 3 is 2.83 bits per heavy atom. The number of likely N-dealkylation sites (tertiary alicyclic amines) is 1. The summed E-state index contributed by atoms with van der Waals surface area (Å²) in [4.78, 5) is 9.20. The second-order valence-electron chi connectivity index (χ2n) is 7.14. The van der Waals surface area contributed by atoms with E-state index in [1.165, 1.54) is 42.8 Å². The summed E-state index contributed by atoms with van der Waals surface area (Å²) >= 11 is 0. The largest absolute Gasteiger partial charge is 0.355 e. The predicted octanol–water partition coefficient (Wildman–Crippen LogP) is 3.63. The molecule has 0 amide bonds. The lowest BCUT2D eigenvalue weighted by Gasteiger charge is -2.39. The monoisotopic (exact) mass is 325 g/mol. The molecule has 2 aliphatic heterocycles. The lowest BCUT2D eigenvalue weighted by atomic mass is 9.92. The standard InChI is InChI=1S/C20H24FN3/c1-15-3-2-4-16(11-15)13-23-9-7-17-8-10-24(14-19(17)23)20-6-5-18(21)12-22-20/h2-6,11-12,17,19H,7-10,13-14H2,1H3. The number of hydrogen-bond donors (Lipinski definition) is 0. The Bertz CT molecular complexity index is 700. The predicted molar refractivity (Wildman–Crippen MR) is 94.5 cm³/mol. The van der Waals surface area contributed by atoms with Crippen molar-refractivity contribution in [2.24, 2.45) is 5.92 Å². The zero-order valence-electron chi connectivity index (χ0n) is 14.2. The number of aryl methyl sites for hydroxylation is 1. The first-order valence-corrected chi connectivity index (χ1v) is 8.85. The van der Waals surface area contributed by atoms with Crippen LogP contribution >= 0.6 is 0 Å². The molecule has 1 aromatic heterocycles. The van der Waals surface area contributed by atoms with Gasteiger partial charge in [0.1, 0.15) is 11.6 Å². The van der Waals surface area contributed by atoms with Crippen molar-refractivity contribution in [1.82, 2.24) is 9.88 Å². The summed E-state index contributed by atoms with van der Waals surface area (Å²) in [7, 11) is 0. The Balaban J connectivity index is 1.48. The van der Waals surface area contributed by atoms with Gasteiger partial charge in [-0.25, -0.2) is 9.37 Å². The molecule has 3 nitrogen and oxygen atoms in total. The highest BCUT2D eigenvalue weighted by atomic mass is 19.1. The number of halogens is 1. The molecule has 2 atom stereocenters. The van der Waals surface area contributed by atoms with E-state index in [0.717, 1.165) is 31.4 Å². The maximum atomic E-state index is 13.1. The molecule has 2 saturated heterocycles. The van der Waals surface area contributed by atoms with Gasteiger partial charge in [-0.05, 0) is 49.9 Å². The minimum Gasteiger partial charge on any atom is -0.355 e. The first-order chi connectivity index (χ1) is 11.7. The first-order valence-electron chi connectivity index (χ1n) is 8.85. The highest BCUT2D eigenvalue weighted by molar-refractivity contribution is 5.39. The third-order valence-corrected chi connectivity index (χ3v) is 5.48. The Hall–Kier alpha value is -1.94. The molecule has 2 unspecified atom stereocenters. The molecule has 4 heteroatoms. The third-order valence-electron chi connectivity index (χ3n) is 5.48. The van der Waals surface area contributed by atoms with Crippen molar-refractivity contribution >= 4 is 5.82 Å². The Labute approximate surface area is 143 Å². The fraction of sp³-hybridized carbons (Fsp3) is 0.450. The number of nitrogens with zero attached hydrogens (tertiary/aromatic N) is 3. The van der Waals surface area contributed by atoms with Gasteiger partial charge in [-0.2, -0.15) is 0 Å². The van der Waals surface area contributed by atoms with Gasteiger partial charge < -0.3 is 4.90 Å². The number of fused-ring (bicyclic) bond motifs is 1. The van der Waals surface area contributed by atoms with Crippen LogP contribution in [-0.4, -0.2) is 35.6 Å².